The van der Waals surface area contributed by atoms with Gasteiger partial charge in [-0.05, 0) is 81.3 Å². The lowest BCUT2D eigenvalue weighted by atomic mass is 9.49. The molecule has 5 aliphatic rings. The zero-order valence-corrected chi connectivity index (χ0v) is 18.4. The van der Waals surface area contributed by atoms with Crippen molar-refractivity contribution in [3.8, 4) is 0 Å². The molecule has 0 atom stereocenters. The Bertz CT molecular complexity index is 898. The van der Waals surface area contributed by atoms with Crippen LogP contribution in [-0.4, -0.2) is 42.0 Å². The Balaban J connectivity index is 1.18. The Morgan fingerprint density at radius 3 is 2.14 bits per heavy atom. The fourth-order valence-corrected chi connectivity index (χ4v) is 8.36. The van der Waals surface area contributed by atoms with Crippen molar-refractivity contribution in [3.63, 3.8) is 0 Å². The number of aryl methyl sites for hydroxylation is 2. The maximum atomic E-state index is 13.6. The van der Waals surface area contributed by atoms with Crippen LogP contribution in [0.25, 0.3) is 10.2 Å². The van der Waals surface area contributed by atoms with Gasteiger partial charge in [-0.3, -0.25) is 4.79 Å². The fraction of sp³-hybridized carbons (Fsp3) is 0.667. The van der Waals surface area contributed by atoms with Crippen molar-refractivity contribution in [2.45, 2.75) is 52.4 Å². The predicted molar refractivity (Wildman–Crippen MR) is 118 cm³/mol. The number of rotatable bonds is 2. The van der Waals surface area contributed by atoms with Crippen LogP contribution in [0.2, 0.25) is 0 Å². The first kappa shape index (κ1) is 18.2. The average molecular weight is 410 g/mol. The summed E-state index contributed by atoms with van der Waals surface area (Å²) in [4.78, 5) is 23.2. The minimum Gasteiger partial charge on any atom is -0.345 e. The summed E-state index contributed by atoms with van der Waals surface area (Å²) >= 11 is 1.81. The van der Waals surface area contributed by atoms with Crippen molar-refractivity contribution in [1.82, 2.24) is 9.88 Å². The first-order chi connectivity index (χ1) is 14.0. The van der Waals surface area contributed by atoms with Gasteiger partial charge in [-0.1, -0.05) is 23.5 Å². The number of fused-ring (bicyclic) bond motifs is 1. The molecule has 29 heavy (non-hydrogen) atoms. The van der Waals surface area contributed by atoms with E-state index in [1.165, 1.54) is 54.4 Å². The first-order valence-corrected chi connectivity index (χ1v) is 12.2. The molecule has 4 nitrogen and oxygen atoms in total. The molecule has 1 aliphatic heterocycles. The van der Waals surface area contributed by atoms with Crippen LogP contribution in [0.3, 0.4) is 0 Å². The summed E-state index contributed by atoms with van der Waals surface area (Å²) in [6.45, 7) is 7.86. The van der Waals surface area contributed by atoms with E-state index in [0.717, 1.165) is 54.6 Å². The van der Waals surface area contributed by atoms with Gasteiger partial charge in [-0.2, -0.15) is 0 Å². The molecule has 1 aromatic carbocycles. The minimum absolute atomic E-state index is 0.000998. The van der Waals surface area contributed by atoms with Crippen molar-refractivity contribution in [2.75, 3.05) is 31.1 Å². The Kier molecular flexibility index (Phi) is 4.03. The molecule has 4 bridgehead atoms. The van der Waals surface area contributed by atoms with E-state index in [2.05, 4.69) is 35.8 Å². The highest BCUT2D eigenvalue weighted by molar-refractivity contribution is 7.22. The number of amides is 1. The van der Waals surface area contributed by atoms with Crippen LogP contribution in [-0.2, 0) is 4.79 Å². The zero-order valence-electron chi connectivity index (χ0n) is 17.6. The number of carbonyl (C=O) groups is 1. The second-order valence-corrected chi connectivity index (χ2v) is 11.3. The maximum Gasteiger partial charge on any atom is 0.228 e. The zero-order chi connectivity index (χ0) is 19.8. The van der Waals surface area contributed by atoms with Gasteiger partial charge in [0.1, 0.15) is 0 Å². The molecule has 154 valence electrons. The fourth-order valence-electron chi connectivity index (χ4n) is 7.19. The molecule has 1 saturated heterocycles. The molecule has 1 aromatic heterocycles. The van der Waals surface area contributed by atoms with Crippen LogP contribution in [0.1, 0.15) is 49.7 Å². The highest BCUT2D eigenvalue weighted by atomic mass is 32.1. The molecule has 1 amide bonds. The largest absolute Gasteiger partial charge is 0.345 e. The predicted octanol–water partition coefficient (Wildman–Crippen LogP) is 4.78. The second-order valence-electron chi connectivity index (χ2n) is 10.4. The average Bonchev–Trinajstić information content (AvgIpc) is 3.16. The summed E-state index contributed by atoms with van der Waals surface area (Å²) in [6, 6.07) is 4.37. The Morgan fingerprint density at radius 2 is 1.55 bits per heavy atom. The normalized spacial score (nSPS) is 33.7. The highest BCUT2D eigenvalue weighted by Crippen LogP contribution is 2.60. The number of piperazine rings is 1. The van der Waals surface area contributed by atoms with Crippen molar-refractivity contribution in [3.05, 3.63) is 23.3 Å². The Morgan fingerprint density at radius 1 is 0.966 bits per heavy atom. The van der Waals surface area contributed by atoms with Gasteiger partial charge in [-0.25, -0.2) is 4.98 Å². The number of hydrogen-bond donors (Lipinski definition) is 0. The first-order valence-electron chi connectivity index (χ1n) is 11.4. The van der Waals surface area contributed by atoms with E-state index in [0.29, 0.717) is 5.91 Å². The smallest absolute Gasteiger partial charge is 0.228 e. The van der Waals surface area contributed by atoms with Crippen LogP contribution >= 0.6 is 11.3 Å². The second kappa shape index (κ2) is 6.44. The molecule has 0 unspecified atom stereocenters. The molecule has 0 spiro atoms. The van der Waals surface area contributed by atoms with Crippen molar-refractivity contribution >= 4 is 32.6 Å². The molecule has 4 aliphatic carbocycles. The molecule has 0 N–H and O–H groups in total. The summed E-state index contributed by atoms with van der Waals surface area (Å²) in [5.41, 5.74) is 3.71. The molecule has 7 rings (SSSR count). The van der Waals surface area contributed by atoms with Gasteiger partial charge in [-0.15, -0.1) is 0 Å². The minimum atomic E-state index is 0.000998. The molecule has 4 saturated carbocycles. The summed E-state index contributed by atoms with van der Waals surface area (Å²) in [5, 5.41) is 1.12. The van der Waals surface area contributed by atoms with E-state index in [1.807, 2.05) is 11.3 Å². The molecule has 2 aromatic rings. The lowest BCUT2D eigenvalue weighted by molar-refractivity contribution is -0.158. The van der Waals surface area contributed by atoms with Crippen molar-refractivity contribution in [1.29, 1.82) is 0 Å². The van der Waals surface area contributed by atoms with E-state index in [4.69, 9.17) is 4.98 Å². The van der Waals surface area contributed by atoms with E-state index < -0.39 is 0 Å². The Labute approximate surface area is 177 Å². The molecule has 0 radical (unpaired) electrons. The Hall–Kier alpha value is -1.62. The van der Waals surface area contributed by atoms with E-state index in [-0.39, 0.29) is 5.41 Å². The summed E-state index contributed by atoms with van der Waals surface area (Å²) in [6.07, 6.45) is 7.72. The van der Waals surface area contributed by atoms with Gasteiger partial charge in [0, 0.05) is 26.2 Å². The van der Waals surface area contributed by atoms with E-state index in [9.17, 15) is 4.79 Å². The lowest BCUT2D eigenvalue weighted by Crippen LogP contribution is -2.58. The number of hydrogen-bond acceptors (Lipinski definition) is 4. The quantitative estimate of drug-likeness (QED) is 0.716. The number of anilines is 1. The number of aromatic nitrogens is 1. The van der Waals surface area contributed by atoms with Crippen LogP contribution in [0, 0.1) is 37.0 Å². The van der Waals surface area contributed by atoms with Gasteiger partial charge in [0.2, 0.25) is 5.91 Å². The molecule has 5 heteroatoms. The van der Waals surface area contributed by atoms with Crippen molar-refractivity contribution in [2.24, 2.45) is 23.2 Å². The summed E-state index contributed by atoms with van der Waals surface area (Å²) in [7, 11) is 0. The van der Waals surface area contributed by atoms with Gasteiger partial charge in [0.25, 0.3) is 0 Å². The summed E-state index contributed by atoms with van der Waals surface area (Å²) in [5.74, 6) is 2.99. The number of benzene rings is 1. The van der Waals surface area contributed by atoms with E-state index in [1.54, 1.807) is 0 Å². The van der Waals surface area contributed by atoms with Crippen LogP contribution in [0.4, 0.5) is 5.13 Å². The van der Waals surface area contributed by atoms with E-state index >= 15 is 0 Å². The number of thiazole rings is 1. The molecular formula is C24H31N3OS. The number of nitrogens with zero attached hydrogens (tertiary/aromatic N) is 3. The van der Waals surface area contributed by atoms with Crippen LogP contribution in [0.5, 0.6) is 0 Å². The van der Waals surface area contributed by atoms with Gasteiger partial charge in [0.15, 0.2) is 5.13 Å². The topological polar surface area (TPSA) is 36.4 Å². The third kappa shape index (κ3) is 2.83. The lowest BCUT2D eigenvalue weighted by Gasteiger charge is -2.57. The highest BCUT2D eigenvalue weighted by Gasteiger charge is 2.55. The molecule has 5 fully saturated rings. The third-order valence-electron chi connectivity index (χ3n) is 8.26. The standard InChI is InChI=1S/C24H31N3OS/c1-15-3-4-16(2)21-20(15)25-23(29-21)27-7-5-26(6-8-27)22(28)24-12-17-9-18(13-24)11-19(10-17)14-24/h3-4,17-19H,5-14H2,1-2H3. The van der Waals surface area contributed by atoms with Gasteiger partial charge < -0.3 is 9.80 Å². The molecular weight excluding hydrogens is 378 g/mol. The van der Waals surface area contributed by atoms with Gasteiger partial charge >= 0.3 is 0 Å². The van der Waals surface area contributed by atoms with Crippen molar-refractivity contribution < 1.29 is 4.79 Å². The van der Waals surface area contributed by atoms with Gasteiger partial charge in [0.05, 0.1) is 15.6 Å². The number of carbonyl (C=O) groups excluding carboxylic acids is 1. The molecule has 2 heterocycles. The SMILES string of the molecule is Cc1ccc(C)c2sc(N3CCN(C(=O)C45CC6CC(CC(C6)C4)C5)CC3)nc12. The summed E-state index contributed by atoms with van der Waals surface area (Å²) < 4.78 is 1.31. The maximum absolute atomic E-state index is 13.6. The monoisotopic (exact) mass is 409 g/mol. The third-order valence-corrected chi connectivity index (χ3v) is 9.51. The van der Waals surface area contributed by atoms with Crippen LogP contribution < -0.4 is 4.90 Å². The van der Waals surface area contributed by atoms with Crippen LogP contribution in [0.15, 0.2) is 12.1 Å².